The van der Waals surface area contributed by atoms with Crippen LogP contribution in [0.5, 0.6) is 5.75 Å². The zero-order valence-electron chi connectivity index (χ0n) is 14.2. The lowest BCUT2D eigenvalue weighted by Gasteiger charge is -2.18. The van der Waals surface area contributed by atoms with Crippen molar-refractivity contribution in [1.82, 2.24) is 25.4 Å². The Morgan fingerprint density at radius 2 is 2.31 bits per heavy atom. The molecule has 2 aromatic heterocycles. The first-order valence-corrected chi connectivity index (χ1v) is 8.44. The van der Waals surface area contributed by atoms with Gasteiger partial charge in [-0.2, -0.15) is 4.52 Å². The normalized spacial score (nSPS) is 19.8. The van der Waals surface area contributed by atoms with Crippen LogP contribution in [0.2, 0.25) is 0 Å². The molecule has 4 rings (SSSR count). The van der Waals surface area contributed by atoms with Crippen LogP contribution in [0.4, 0.5) is 0 Å². The van der Waals surface area contributed by atoms with Gasteiger partial charge in [0.2, 0.25) is 5.91 Å². The number of aromatic nitrogens is 4. The van der Waals surface area contributed by atoms with Gasteiger partial charge in [-0.3, -0.25) is 9.59 Å². The fourth-order valence-corrected chi connectivity index (χ4v) is 3.46. The predicted molar refractivity (Wildman–Crippen MR) is 92.6 cm³/mol. The van der Waals surface area contributed by atoms with Crippen molar-refractivity contribution in [2.75, 3.05) is 6.61 Å². The van der Waals surface area contributed by atoms with Crippen LogP contribution in [-0.2, 0) is 4.79 Å². The fraction of sp³-hybridized carbons (Fsp3) is 0.353. The van der Waals surface area contributed by atoms with Gasteiger partial charge in [-0.1, -0.05) is 25.5 Å². The van der Waals surface area contributed by atoms with Crippen LogP contribution < -0.4 is 15.8 Å². The van der Waals surface area contributed by atoms with E-state index in [4.69, 9.17) is 10.5 Å². The highest BCUT2D eigenvalue weighted by molar-refractivity contribution is 6.03. The maximum Gasteiger partial charge on any atom is 0.252 e. The maximum atomic E-state index is 11.7. The van der Waals surface area contributed by atoms with Gasteiger partial charge < -0.3 is 15.8 Å². The number of pyridine rings is 1. The number of benzene rings is 1. The minimum atomic E-state index is -0.600. The highest BCUT2D eigenvalue weighted by Crippen LogP contribution is 2.29. The monoisotopic (exact) mass is 354 g/mol. The van der Waals surface area contributed by atoms with E-state index in [2.05, 4.69) is 27.8 Å². The summed E-state index contributed by atoms with van der Waals surface area (Å²) in [6.45, 7) is 2.41. The molecule has 0 unspecified atom stereocenters. The number of hydrogen-bond acceptors (Lipinski definition) is 6. The number of carbonyl (C=O) groups is 2. The Bertz CT molecular complexity index is 1010. The number of nitrogens with two attached hydrogens (primary N) is 1. The number of rotatable bonds is 5. The second-order valence-electron chi connectivity index (χ2n) is 6.39. The minimum absolute atomic E-state index is 0.0305. The highest BCUT2D eigenvalue weighted by Gasteiger charge is 2.31. The summed E-state index contributed by atoms with van der Waals surface area (Å²) in [4.78, 5) is 23.3. The van der Waals surface area contributed by atoms with Gasteiger partial charge in [0.15, 0.2) is 5.65 Å². The average Bonchev–Trinajstić information content (AvgIpc) is 3.25. The summed E-state index contributed by atoms with van der Waals surface area (Å²) in [7, 11) is 0. The molecule has 0 spiro atoms. The zero-order valence-corrected chi connectivity index (χ0v) is 14.2. The number of primary amides is 1. The van der Waals surface area contributed by atoms with Crippen LogP contribution >= 0.6 is 0 Å². The molecule has 2 amide bonds. The van der Waals surface area contributed by atoms with Crippen LogP contribution in [0.25, 0.3) is 16.6 Å². The maximum absolute atomic E-state index is 11.7. The standard InChI is InChI=1S/C17H18N6O3/c1-2-9-7-14(24)19-12(9)8-26-13-5-3-4-10-6-11(16(18)25)17-20-21-22-23(17)15(10)13/h3-6,9,12H,2,7-8H2,1H3,(H2,18,25)(H,19,24)/t9-,12-/m1/s1. The summed E-state index contributed by atoms with van der Waals surface area (Å²) in [5, 5.41) is 15.2. The molecule has 3 heterocycles. The summed E-state index contributed by atoms with van der Waals surface area (Å²) < 4.78 is 7.47. The van der Waals surface area contributed by atoms with Gasteiger partial charge in [0.1, 0.15) is 17.9 Å². The Hall–Kier alpha value is -3.23. The Labute approximate surface area is 148 Å². The molecule has 9 nitrogen and oxygen atoms in total. The van der Waals surface area contributed by atoms with Gasteiger partial charge in [0, 0.05) is 11.8 Å². The Balaban J connectivity index is 1.73. The van der Waals surface area contributed by atoms with E-state index >= 15 is 0 Å². The SMILES string of the molecule is CC[C@@H]1CC(=O)N[C@@H]1COc1cccc2cc(C(N)=O)c3nnnn3c12. The second-order valence-corrected chi connectivity index (χ2v) is 6.39. The molecule has 3 N–H and O–H groups in total. The largest absolute Gasteiger partial charge is 0.489 e. The topological polar surface area (TPSA) is 124 Å². The Morgan fingerprint density at radius 1 is 1.46 bits per heavy atom. The molecule has 1 saturated heterocycles. The van der Waals surface area contributed by atoms with Crippen molar-refractivity contribution in [3.05, 3.63) is 29.8 Å². The molecule has 3 aromatic rings. The lowest BCUT2D eigenvalue weighted by molar-refractivity contribution is -0.119. The number of fused-ring (bicyclic) bond motifs is 3. The summed E-state index contributed by atoms with van der Waals surface area (Å²) >= 11 is 0. The summed E-state index contributed by atoms with van der Waals surface area (Å²) in [6, 6.07) is 7.09. The molecule has 2 atom stereocenters. The van der Waals surface area contributed by atoms with Gasteiger partial charge in [-0.25, -0.2) is 0 Å². The van der Waals surface area contributed by atoms with Crippen LogP contribution in [-0.4, -0.2) is 44.5 Å². The second kappa shape index (κ2) is 6.25. The van der Waals surface area contributed by atoms with Crippen LogP contribution in [0, 0.1) is 5.92 Å². The first-order valence-electron chi connectivity index (χ1n) is 8.44. The number of para-hydroxylation sites is 1. The molecular formula is C17H18N6O3. The third-order valence-electron chi connectivity index (χ3n) is 4.82. The summed E-state index contributed by atoms with van der Waals surface area (Å²) in [6.07, 6.45) is 1.43. The van der Waals surface area contributed by atoms with E-state index in [9.17, 15) is 9.59 Å². The molecule has 0 bridgehead atoms. The minimum Gasteiger partial charge on any atom is -0.489 e. The first kappa shape index (κ1) is 16.2. The summed E-state index contributed by atoms with van der Waals surface area (Å²) in [5.41, 5.74) is 6.61. The van der Waals surface area contributed by atoms with Gasteiger partial charge in [-0.15, -0.1) is 5.10 Å². The number of nitrogens with zero attached hydrogens (tertiary/aromatic N) is 4. The van der Waals surface area contributed by atoms with Crippen molar-refractivity contribution < 1.29 is 14.3 Å². The number of ether oxygens (including phenoxy) is 1. The van der Waals surface area contributed by atoms with E-state index in [1.54, 1.807) is 6.07 Å². The Morgan fingerprint density at radius 3 is 3.08 bits per heavy atom. The van der Waals surface area contributed by atoms with Crippen LogP contribution in [0.15, 0.2) is 24.3 Å². The van der Waals surface area contributed by atoms with E-state index in [0.29, 0.717) is 24.3 Å². The Kier molecular flexibility index (Phi) is 3.90. The van der Waals surface area contributed by atoms with Crippen LogP contribution in [0.3, 0.4) is 0 Å². The molecule has 0 aliphatic carbocycles. The van der Waals surface area contributed by atoms with E-state index < -0.39 is 5.91 Å². The molecule has 26 heavy (non-hydrogen) atoms. The molecule has 1 aliphatic rings. The average molecular weight is 354 g/mol. The van der Waals surface area contributed by atoms with Gasteiger partial charge in [0.05, 0.1) is 11.6 Å². The first-order chi connectivity index (χ1) is 12.6. The number of nitrogens with one attached hydrogen (secondary N) is 1. The third kappa shape index (κ3) is 2.61. The number of hydrogen-bond donors (Lipinski definition) is 2. The third-order valence-corrected chi connectivity index (χ3v) is 4.82. The van der Waals surface area contributed by atoms with Crippen molar-refractivity contribution >= 4 is 28.4 Å². The van der Waals surface area contributed by atoms with E-state index in [1.165, 1.54) is 4.52 Å². The van der Waals surface area contributed by atoms with Gasteiger partial charge in [0.25, 0.3) is 5.91 Å². The molecule has 134 valence electrons. The smallest absolute Gasteiger partial charge is 0.252 e. The van der Waals surface area contributed by atoms with E-state index in [1.807, 2.05) is 18.2 Å². The molecule has 0 radical (unpaired) electrons. The predicted octanol–water partition coefficient (Wildman–Crippen LogP) is 0.670. The lowest BCUT2D eigenvalue weighted by atomic mass is 9.98. The lowest BCUT2D eigenvalue weighted by Crippen LogP contribution is -2.34. The van der Waals surface area contributed by atoms with Crippen molar-refractivity contribution in [2.45, 2.75) is 25.8 Å². The van der Waals surface area contributed by atoms with E-state index in [0.717, 1.165) is 11.8 Å². The highest BCUT2D eigenvalue weighted by atomic mass is 16.5. The van der Waals surface area contributed by atoms with Crippen molar-refractivity contribution in [3.8, 4) is 5.75 Å². The molecule has 9 heteroatoms. The zero-order chi connectivity index (χ0) is 18.3. The molecule has 1 aliphatic heterocycles. The van der Waals surface area contributed by atoms with Gasteiger partial charge in [-0.05, 0) is 28.5 Å². The van der Waals surface area contributed by atoms with Crippen LogP contribution in [0.1, 0.15) is 30.1 Å². The number of amides is 2. The molecule has 1 aromatic carbocycles. The molecular weight excluding hydrogens is 336 g/mol. The number of tetrazole rings is 1. The summed E-state index contributed by atoms with van der Waals surface area (Å²) in [5.74, 6) is 0.286. The van der Waals surface area contributed by atoms with Crippen molar-refractivity contribution in [3.63, 3.8) is 0 Å². The molecule has 0 saturated carbocycles. The fourth-order valence-electron chi connectivity index (χ4n) is 3.46. The molecule has 1 fully saturated rings. The van der Waals surface area contributed by atoms with Crippen molar-refractivity contribution in [2.24, 2.45) is 11.7 Å². The van der Waals surface area contributed by atoms with Crippen molar-refractivity contribution in [1.29, 1.82) is 0 Å². The number of carbonyl (C=O) groups excluding carboxylic acids is 2. The van der Waals surface area contributed by atoms with E-state index in [-0.39, 0.29) is 29.1 Å². The quantitative estimate of drug-likeness (QED) is 0.694. The van der Waals surface area contributed by atoms with Gasteiger partial charge >= 0.3 is 0 Å².